The van der Waals surface area contributed by atoms with E-state index in [1.54, 1.807) is 12.1 Å². The van der Waals surface area contributed by atoms with Gasteiger partial charge in [0.15, 0.2) is 17.7 Å². The fraction of sp³-hybridized carbons (Fsp3) is 0.579. The molecule has 2 atom stereocenters. The number of hydrogen-bond donors (Lipinski definition) is 0. The maximum atomic E-state index is 12.7. The van der Waals surface area contributed by atoms with Crippen LogP contribution in [0.4, 0.5) is 8.78 Å². The van der Waals surface area contributed by atoms with Crippen molar-refractivity contribution in [2.75, 3.05) is 13.2 Å². The van der Waals surface area contributed by atoms with Gasteiger partial charge in [-0.05, 0) is 36.5 Å². The van der Waals surface area contributed by atoms with Crippen LogP contribution < -0.4 is 9.47 Å². The maximum Gasteiger partial charge on any atom is 0.387 e. The zero-order valence-corrected chi connectivity index (χ0v) is 15.3. The summed E-state index contributed by atoms with van der Waals surface area (Å²) in [4.78, 5) is 24.6. The minimum Gasteiger partial charge on any atom is -0.489 e. The number of carbonyl (C=O) groups is 2. The molecule has 148 valence electrons. The molecule has 1 saturated carbocycles. The molecule has 1 aliphatic carbocycles. The van der Waals surface area contributed by atoms with Crippen LogP contribution in [0.3, 0.4) is 0 Å². The Bertz CT molecular complexity index is 707. The first kappa shape index (κ1) is 19.4. The highest BCUT2D eigenvalue weighted by Crippen LogP contribution is 2.39. The molecule has 8 heteroatoms. The number of nitrogens with zero attached hydrogens (tertiary/aromatic N) is 1. The molecule has 6 nitrogen and oxygen atoms in total. The van der Waals surface area contributed by atoms with E-state index in [9.17, 15) is 18.4 Å². The van der Waals surface area contributed by atoms with Crippen molar-refractivity contribution in [3.05, 3.63) is 23.8 Å². The highest BCUT2D eigenvalue weighted by atomic mass is 19.3. The number of benzene rings is 1. The number of esters is 1. The van der Waals surface area contributed by atoms with Gasteiger partial charge in [0, 0.05) is 32.7 Å². The van der Waals surface area contributed by atoms with Crippen molar-refractivity contribution in [2.24, 2.45) is 5.92 Å². The molecule has 1 heterocycles. The highest BCUT2D eigenvalue weighted by Gasteiger charge is 2.37. The molecule has 27 heavy (non-hydrogen) atoms. The molecule has 1 amide bonds. The third kappa shape index (κ3) is 5.08. The van der Waals surface area contributed by atoms with Gasteiger partial charge in [-0.2, -0.15) is 8.78 Å². The Balaban J connectivity index is 1.79. The second-order valence-electron chi connectivity index (χ2n) is 7.01. The Labute approximate surface area is 156 Å². The van der Waals surface area contributed by atoms with Crippen LogP contribution in [0.1, 0.15) is 44.6 Å². The number of carbonyl (C=O) groups excluding carboxylic acids is 2. The Kier molecular flexibility index (Phi) is 5.82. The third-order valence-electron chi connectivity index (χ3n) is 4.78. The van der Waals surface area contributed by atoms with E-state index >= 15 is 0 Å². The van der Waals surface area contributed by atoms with Gasteiger partial charge in [-0.1, -0.05) is 6.07 Å². The van der Waals surface area contributed by atoms with Crippen molar-refractivity contribution in [1.29, 1.82) is 0 Å². The second-order valence-corrected chi connectivity index (χ2v) is 7.01. The van der Waals surface area contributed by atoms with Crippen LogP contribution >= 0.6 is 0 Å². The largest absolute Gasteiger partial charge is 0.489 e. The molecule has 1 aromatic carbocycles. The topological polar surface area (TPSA) is 65.1 Å². The van der Waals surface area contributed by atoms with Crippen molar-refractivity contribution in [3.63, 3.8) is 0 Å². The summed E-state index contributed by atoms with van der Waals surface area (Å²) < 4.78 is 40.8. The van der Waals surface area contributed by atoms with Gasteiger partial charge in [-0.15, -0.1) is 0 Å². The van der Waals surface area contributed by atoms with Gasteiger partial charge in [0.2, 0.25) is 5.91 Å². The lowest BCUT2D eigenvalue weighted by molar-refractivity contribution is -0.158. The molecule has 1 aliphatic heterocycles. The van der Waals surface area contributed by atoms with Crippen molar-refractivity contribution >= 4 is 11.9 Å². The van der Waals surface area contributed by atoms with E-state index in [0.29, 0.717) is 25.5 Å². The van der Waals surface area contributed by atoms with Gasteiger partial charge in [-0.25, -0.2) is 0 Å². The normalized spacial score (nSPS) is 22.0. The first-order valence-electron chi connectivity index (χ1n) is 8.99. The Morgan fingerprint density at radius 2 is 1.96 bits per heavy atom. The predicted octanol–water partition coefficient (Wildman–Crippen LogP) is 3.30. The number of amides is 1. The number of halogens is 2. The molecule has 0 bridgehead atoms. The van der Waals surface area contributed by atoms with E-state index < -0.39 is 18.8 Å². The first-order valence-corrected chi connectivity index (χ1v) is 8.99. The number of hydrogen-bond acceptors (Lipinski definition) is 5. The summed E-state index contributed by atoms with van der Waals surface area (Å²) in [6.07, 6.45) is 1.96. The number of likely N-dealkylation sites (tertiary alicyclic amines) is 1. The van der Waals surface area contributed by atoms with Gasteiger partial charge in [-0.3, -0.25) is 9.59 Å². The molecule has 2 aliphatic rings. The molecule has 2 fully saturated rings. The number of ether oxygens (including phenoxy) is 3. The molecule has 0 radical (unpaired) electrons. The molecule has 0 spiro atoms. The average molecular weight is 383 g/mol. The van der Waals surface area contributed by atoms with Gasteiger partial charge >= 0.3 is 12.6 Å². The van der Waals surface area contributed by atoms with E-state index in [1.807, 2.05) is 0 Å². The molecule has 0 aromatic heterocycles. The van der Waals surface area contributed by atoms with Crippen LogP contribution in [0, 0.1) is 5.92 Å². The lowest BCUT2D eigenvalue weighted by atomic mass is 9.97. The standard InChI is InChI=1S/C19H23F2NO5/c1-11(23)22-9-15(8-18(22)26-12(2)24)14-5-6-16(27-19(20)21)17(7-14)25-10-13-3-4-13/h5-7,13,15,18-19H,3-4,8-10H2,1-2H3/t15?,18-/m1/s1. The van der Waals surface area contributed by atoms with E-state index in [0.717, 1.165) is 18.4 Å². The fourth-order valence-corrected chi connectivity index (χ4v) is 3.25. The average Bonchev–Trinajstić information content (AvgIpc) is 3.32. The summed E-state index contributed by atoms with van der Waals surface area (Å²) in [5.74, 6) is -0.0202. The number of rotatable bonds is 7. The smallest absolute Gasteiger partial charge is 0.387 e. The van der Waals surface area contributed by atoms with Crippen LogP contribution in [0.15, 0.2) is 18.2 Å². The first-order chi connectivity index (χ1) is 12.8. The zero-order chi connectivity index (χ0) is 19.6. The molecule has 0 N–H and O–H groups in total. The second kappa shape index (κ2) is 8.10. The Morgan fingerprint density at radius 3 is 2.56 bits per heavy atom. The fourth-order valence-electron chi connectivity index (χ4n) is 3.25. The van der Waals surface area contributed by atoms with Crippen LogP contribution in [0.5, 0.6) is 11.5 Å². The van der Waals surface area contributed by atoms with Gasteiger partial charge < -0.3 is 19.1 Å². The van der Waals surface area contributed by atoms with Crippen LogP contribution in [0.2, 0.25) is 0 Å². The minimum absolute atomic E-state index is 0.00708. The van der Waals surface area contributed by atoms with Crippen molar-refractivity contribution in [1.82, 2.24) is 4.90 Å². The van der Waals surface area contributed by atoms with E-state index in [2.05, 4.69) is 4.74 Å². The Hall–Kier alpha value is -2.38. The summed E-state index contributed by atoms with van der Waals surface area (Å²) in [6, 6.07) is 4.82. The zero-order valence-electron chi connectivity index (χ0n) is 15.3. The molecule has 3 rings (SSSR count). The number of alkyl halides is 2. The summed E-state index contributed by atoms with van der Waals surface area (Å²) in [7, 11) is 0. The molecular formula is C19H23F2NO5. The SMILES string of the molecule is CC(=O)O[C@@H]1CC(c2ccc(OC(F)F)c(OCC3CC3)c2)CN1C(C)=O. The van der Waals surface area contributed by atoms with E-state index in [1.165, 1.54) is 24.8 Å². The summed E-state index contributed by atoms with van der Waals surface area (Å²) in [5, 5.41) is 0. The lowest BCUT2D eigenvalue weighted by Crippen LogP contribution is -2.36. The van der Waals surface area contributed by atoms with Crippen molar-refractivity contribution < 1.29 is 32.6 Å². The molecule has 1 unspecified atom stereocenters. The predicted molar refractivity (Wildman–Crippen MR) is 91.6 cm³/mol. The monoisotopic (exact) mass is 383 g/mol. The van der Waals surface area contributed by atoms with Crippen LogP contribution in [0.25, 0.3) is 0 Å². The summed E-state index contributed by atoms with van der Waals surface area (Å²) in [6.45, 7) is 0.620. The highest BCUT2D eigenvalue weighted by molar-refractivity contribution is 5.74. The molecule has 1 aromatic rings. The quantitative estimate of drug-likeness (QED) is 0.676. The van der Waals surface area contributed by atoms with Gasteiger partial charge in [0.05, 0.1) is 6.61 Å². The van der Waals surface area contributed by atoms with Crippen LogP contribution in [-0.2, 0) is 14.3 Å². The van der Waals surface area contributed by atoms with E-state index in [4.69, 9.17) is 9.47 Å². The van der Waals surface area contributed by atoms with Crippen molar-refractivity contribution in [3.8, 4) is 11.5 Å². The van der Waals surface area contributed by atoms with Gasteiger partial charge in [0.1, 0.15) is 0 Å². The molecule has 1 saturated heterocycles. The van der Waals surface area contributed by atoms with E-state index in [-0.39, 0.29) is 23.3 Å². The molecular weight excluding hydrogens is 360 g/mol. The van der Waals surface area contributed by atoms with Crippen LogP contribution in [-0.4, -0.2) is 42.8 Å². The summed E-state index contributed by atoms with van der Waals surface area (Å²) >= 11 is 0. The Morgan fingerprint density at radius 1 is 1.22 bits per heavy atom. The lowest BCUT2D eigenvalue weighted by Gasteiger charge is -2.22. The minimum atomic E-state index is -2.94. The third-order valence-corrected chi connectivity index (χ3v) is 4.78. The van der Waals surface area contributed by atoms with Crippen molar-refractivity contribution in [2.45, 2.75) is 51.9 Å². The maximum absolute atomic E-state index is 12.7. The van der Waals surface area contributed by atoms with Gasteiger partial charge in [0.25, 0.3) is 0 Å². The summed E-state index contributed by atoms with van der Waals surface area (Å²) in [5.41, 5.74) is 0.823.